The first-order valence-corrected chi connectivity index (χ1v) is 12.2. The summed E-state index contributed by atoms with van der Waals surface area (Å²) in [6, 6.07) is 5.32. The lowest BCUT2D eigenvalue weighted by molar-refractivity contribution is 0.102. The molecule has 0 unspecified atom stereocenters. The number of hydrogen-bond donors (Lipinski definition) is 0. The summed E-state index contributed by atoms with van der Waals surface area (Å²) in [7, 11) is 0. The molecular weight excluding hydrogens is 432 g/mol. The van der Waals surface area contributed by atoms with Crippen LogP contribution in [0.3, 0.4) is 0 Å². The van der Waals surface area contributed by atoms with Crippen molar-refractivity contribution in [2.24, 2.45) is 5.92 Å². The lowest BCUT2D eigenvalue weighted by Crippen LogP contribution is -2.16. The van der Waals surface area contributed by atoms with Gasteiger partial charge in [0.15, 0.2) is 28.1 Å². The van der Waals surface area contributed by atoms with Gasteiger partial charge < -0.3 is 9.47 Å². The number of thiophene rings is 1. The molecule has 0 fully saturated rings. The number of ether oxygens (including phenoxy) is 2. The number of carbonyl (C=O) groups excluding carboxylic acids is 1. The highest BCUT2D eigenvalue weighted by Gasteiger charge is 2.24. The Hall–Kier alpha value is -2.65. The van der Waals surface area contributed by atoms with Gasteiger partial charge in [-0.2, -0.15) is 0 Å². The Morgan fingerprint density at radius 2 is 2.13 bits per heavy atom. The molecule has 158 valence electrons. The van der Waals surface area contributed by atoms with Crippen molar-refractivity contribution in [1.82, 2.24) is 19.6 Å². The van der Waals surface area contributed by atoms with E-state index in [0.29, 0.717) is 41.4 Å². The quantitative estimate of drug-likeness (QED) is 0.339. The summed E-state index contributed by atoms with van der Waals surface area (Å²) in [5, 5.41) is 10.6. The number of fused-ring (bicyclic) bond motifs is 6. The number of thioether (sulfide) groups is 1. The summed E-state index contributed by atoms with van der Waals surface area (Å²) in [5.41, 5.74) is 2.82. The molecule has 1 aliphatic carbocycles. The third kappa shape index (κ3) is 3.27. The molecule has 0 amide bonds. The Morgan fingerprint density at radius 1 is 1.26 bits per heavy atom. The van der Waals surface area contributed by atoms with Crippen LogP contribution in [0.4, 0.5) is 0 Å². The summed E-state index contributed by atoms with van der Waals surface area (Å²) in [6.45, 7) is 3.34. The van der Waals surface area contributed by atoms with E-state index in [0.717, 1.165) is 28.7 Å². The van der Waals surface area contributed by atoms with Gasteiger partial charge in [0.25, 0.3) is 0 Å². The predicted molar refractivity (Wildman–Crippen MR) is 120 cm³/mol. The lowest BCUT2D eigenvalue weighted by atomic mass is 9.89. The van der Waals surface area contributed by atoms with E-state index in [1.54, 1.807) is 35.9 Å². The summed E-state index contributed by atoms with van der Waals surface area (Å²) in [5.74, 6) is 2.29. The zero-order valence-electron chi connectivity index (χ0n) is 17.0. The Bertz CT molecular complexity index is 1330. The van der Waals surface area contributed by atoms with Crippen LogP contribution in [-0.4, -0.2) is 44.3 Å². The maximum atomic E-state index is 12.8. The first-order valence-electron chi connectivity index (χ1n) is 10.4. The predicted octanol–water partition coefficient (Wildman–Crippen LogP) is 4.21. The van der Waals surface area contributed by atoms with Gasteiger partial charge in [-0.25, -0.2) is 4.98 Å². The van der Waals surface area contributed by atoms with E-state index >= 15 is 0 Å². The Labute approximate surface area is 186 Å². The van der Waals surface area contributed by atoms with Gasteiger partial charge in [0, 0.05) is 10.4 Å². The number of rotatable bonds is 4. The maximum Gasteiger partial charge on any atom is 0.197 e. The number of aromatic nitrogens is 4. The van der Waals surface area contributed by atoms with E-state index in [4.69, 9.17) is 9.47 Å². The van der Waals surface area contributed by atoms with E-state index in [-0.39, 0.29) is 11.5 Å². The SMILES string of the molecule is C[C@H]1CCc2c(sc3ncn4c(SCC(=O)c5ccc6c(c5)OCCO6)nnc4c23)C1. The minimum Gasteiger partial charge on any atom is -0.486 e. The van der Waals surface area contributed by atoms with Crippen LogP contribution in [0.15, 0.2) is 29.7 Å². The molecule has 31 heavy (non-hydrogen) atoms. The molecule has 6 rings (SSSR count). The smallest absolute Gasteiger partial charge is 0.197 e. The summed E-state index contributed by atoms with van der Waals surface area (Å²) >= 11 is 3.16. The topological polar surface area (TPSA) is 78.6 Å². The monoisotopic (exact) mass is 452 g/mol. The number of hydrogen-bond acceptors (Lipinski definition) is 8. The van der Waals surface area contributed by atoms with Crippen molar-refractivity contribution >= 4 is 44.7 Å². The van der Waals surface area contributed by atoms with E-state index in [9.17, 15) is 4.79 Å². The fourth-order valence-electron chi connectivity index (χ4n) is 4.25. The van der Waals surface area contributed by atoms with Crippen LogP contribution in [-0.2, 0) is 12.8 Å². The summed E-state index contributed by atoms with van der Waals surface area (Å²) < 4.78 is 13.0. The molecule has 1 atom stereocenters. The molecule has 3 aromatic heterocycles. The zero-order chi connectivity index (χ0) is 20.9. The van der Waals surface area contributed by atoms with Crippen LogP contribution < -0.4 is 9.47 Å². The molecule has 0 spiro atoms. The molecule has 0 N–H and O–H groups in total. The molecule has 4 heterocycles. The van der Waals surface area contributed by atoms with Gasteiger partial charge in [-0.05, 0) is 48.9 Å². The number of carbonyl (C=O) groups is 1. The van der Waals surface area contributed by atoms with E-state index in [1.165, 1.54) is 28.6 Å². The van der Waals surface area contributed by atoms with Gasteiger partial charge in [0.05, 0.1) is 11.1 Å². The van der Waals surface area contributed by atoms with E-state index in [1.807, 2.05) is 4.40 Å². The van der Waals surface area contributed by atoms with Crippen LogP contribution in [0.1, 0.15) is 34.1 Å². The normalized spacial score (nSPS) is 17.8. The third-order valence-corrected chi connectivity index (χ3v) is 7.97. The fourth-order valence-corrected chi connectivity index (χ4v) is 6.39. The molecule has 9 heteroatoms. The van der Waals surface area contributed by atoms with Gasteiger partial charge in [0.2, 0.25) is 0 Å². The van der Waals surface area contributed by atoms with E-state index < -0.39 is 0 Å². The molecule has 0 saturated carbocycles. The Kier molecular flexibility index (Phi) is 4.61. The van der Waals surface area contributed by atoms with Gasteiger partial charge >= 0.3 is 0 Å². The molecule has 1 aromatic carbocycles. The van der Waals surface area contributed by atoms with Crippen molar-refractivity contribution in [3.63, 3.8) is 0 Å². The molecule has 2 aliphatic rings. The number of Topliss-reactive ketones (excluding diaryl/α,β-unsaturated/α-hetero) is 1. The lowest BCUT2D eigenvalue weighted by Gasteiger charge is -2.18. The van der Waals surface area contributed by atoms with Crippen molar-refractivity contribution in [3.05, 3.63) is 40.5 Å². The maximum absolute atomic E-state index is 12.8. The first-order chi connectivity index (χ1) is 15.2. The first kappa shape index (κ1) is 19.1. The minimum absolute atomic E-state index is 0.00895. The Balaban J connectivity index is 1.27. The Morgan fingerprint density at radius 3 is 3.03 bits per heavy atom. The van der Waals surface area contributed by atoms with Crippen LogP contribution in [0.2, 0.25) is 0 Å². The fraction of sp³-hybridized carbons (Fsp3) is 0.364. The molecule has 7 nitrogen and oxygen atoms in total. The van der Waals surface area contributed by atoms with Crippen molar-refractivity contribution in [1.29, 1.82) is 0 Å². The van der Waals surface area contributed by atoms with Crippen molar-refractivity contribution < 1.29 is 14.3 Å². The molecule has 0 saturated heterocycles. The number of aryl methyl sites for hydroxylation is 1. The van der Waals surface area contributed by atoms with Crippen LogP contribution in [0, 0.1) is 5.92 Å². The molecular formula is C22H20N4O3S2. The standard InChI is InChI=1S/C22H20N4O3S2/c1-12-2-4-14-18(8-12)31-21-19(14)20-24-25-22(26(20)11-23-21)30-10-15(27)13-3-5-16-17(9-13)29-7-6-28-16/h3,5,9,11-12H,2,4,6-8,10H2,1H3/t12-/m0/s1. The van der Waals surface area contributed by atoms with E-state index in [2.05, 4.69) is 22.1 Å². The second kappa shape index (κ2) is 7.49. The van der Waals surface area contributed by atoms with Gasteiger partial charge in [-0.3, -0.25) is 9.20 Å². The second-order valence-electron chi connectivity index (χ2n) is 8.02. The van der Waals surface area contributed by atoms with Crippen molar-refractivity contribution in [2.75, 3.05) is 19.0 Å². The van der Waals surface area contributed by atoms with Crippen molar-refractivity contribution in [2.45, 2.75) is 31.3 Å². The highest BCUT2D eigenvalue weighted by Crippen LogP contribution is 2.39. The highest BCUT2D eigenvalue weighted by molar-refractivity contribution is 7.99. The molecule has 4 aromatic rings. The van der Waals surface area contributed by atoms with Crippen LogP contribution in [0.25, 0.3) is 15.9 Å². The highest BCUT2D eigenvalue weighted by atomic mass is 32.2. The van der Waals surface area contributed by atoms with Crippen LogP contribution >= 0.6 is 23.1 Å². The van der Waals surface area contributed by atoms with Crippen molar-refractivity contribution in [3.8, 4) is 11.5 Å². The van der Waals surface area contributed by atoms with Gasteiger partial charge in [0.1, 0.15) is 24.4 Å². The summed E-state index contributed by atoms with van der Waals surface area (Å²) in [4.78, 5) is 19.9. The van der Waals surface area contributed by atoms with Gasteiger partial charge in [-0.15, -0.1) is 21.5 Å². The largest absolute Gasteiger partial charge is 0.486 e. The average Bonchev–Trinajstić information content (AvgIpc) is 3.37. The van der Waals surface area contributed by atoms with Crippen LogP contribution in [0.5, 0.6) is 11.5 Å². The number of benzene rings is 1. The average molecular weight is 453 g/mol. The molecule has 0 bridgehead atoms. The zero-order valence-corrected chi connectivity index (χ0v) is 18.6. The third-order valence-electron chi connectivity index (χ3n) is 5.87. The number of ketones is 1. The second-order valence-corrected chi connectivity index (χ2v) is 10.0. The summed E-state index contributed by atoms with van der Waals surface area (Å²) in [6.07, 6.45) is 5.15. The van der Waals surface area contributed by atoms with Gasteiger partial charge in [-0.1, -0.05) is 18.7 Å². The molecule has 0 radical (unpaired) electrons. The minimum atomic E-state index is 0.00895. The number of nitrogens with zero attached hydrogens (tertiary/aromatic N) is 4. The molecule has 1 aliphatic heterocycles.